The lowest BCUT2D eigenvalue weighted by Gasteiger charge is -2.39. The third-order valence-electron chi connectivity index (χ3n) is 5.06. The van der Waals surface area contributed by atoms with Crippen molar-refractivity contribution in [2.24, 2.45) is 5.92 Å². The fourth-order valence-electron chi connectivity index (χ4n) is 3.67. The summed E-state index contributed by atoms with van der Waals surface area (Å²) in [6, 6.07) is 0.628. The average Bonchev–Trinajstić information content (AvgIpc) is 3.27. The molecule has 1 aromatic rings. The predicted molar refractivity (Wildman–Crippen MR) is 76.8 cm³/mol. The van der Waals surface area contributed by atoms with Crippen LogP contribution < -0.4 is 10.6 Å². The molecule has 2 heterocycles. The van der Waals surface area contributed by atoms with Crippen LogP contribution in [0.1, 0.15) is 63.2 Å². The minimum absolute atomic E-state index is 0.0370. The molecule has 6 heteroatoms. The Kier molecular flexibility index (Phi) is 3.41. The smallest absolute Gasteiger partial charge is 0.322 e. The van der Waals surface area contributed by atoms with Gasteiger partial charge in [0.15, 0.2) is 0 Å². The molecular weight excluding hydrogens is 268 g/mol. The van der Waals surface area contributed by atoms with Gasteiger partial charge in [0, 0.05) is 12.0 Å². The highest BCUT2D eigenvalue weighted by Crippen LogP contribution is 2.39. The van der Waals surface area contributed by atoms with E-state index in [1.165, 1.54) is 25.7 Å². The molecule has 0 spiro atoms. The fourth-order valence-corrected chi connectivity index (χ4v) is 3.67. The molecule has 2 N–H and O–H groups in total. The molecule has 0 bridgehead atoms. The quantitative estimate of drug-likeness (QED) is 0.892. The number of rotatable bonds is 3. The van der Waals surface area contributed by atoms with E-state index in [2.05, 4.69) is 20.8 Å². The first kappa shape index (κ1) is 13.2. The van der Waals surface area contributed by atoms with Crippen LogP contribution in [-0.4, -0.2) is 28.2 Å². The molecule has 3 unspecified atom stereocenters. The lowest BCUT2D eigenvalue weighted by atomic mass is 9.77. The molecule has 1 aromatic heterocycles. The van der Waals surface area contributed by atoms with Gasteiger partial charge in [0.1, 0.15) is 0 Å². The Morgan fingerprint density at radius 1 is 1.10 bits per heavy atom. The molecule has 1 amide bonds. The molecule has 2 aliphatic carbocycles. The lowest BCUT2D eigenvalue weighted by molar-refractivity contribution is -0.119. The third-order valence-corrected chi connectivity index (χ3v) is 5.06. The van der Waals surface area contributed by atoms with Gasteiger partial charge in [0.25, 0.3) is 0 Å². The second-order valence-corrected chi connectivity index (χ2v) is 6.66. The second-order valence-electron chi connectivity index (χ2n) is 6.66. The number of aromatic nitrogens is 2. The van der Waals surface area contributed by atoms with Crippen LogP contribution in [0.2, 0.25) is 0 Å². The third kappa shape index (κ3) is 2.81. The van der Waals surface area contributed by atoms with Gasteiger partial charge in [-0.15, -0.1) is 5.10 Å². The molecule has 6 nitrogen and oxygen atoms in total. The van der Waals surface area contributed by atoms with Crippen LogP contribution in [0.3, 0.4) is 0 Å². The van der Waals surface area contributed by atoms with Crippen LogP contribution in [0, 0.1) is 5.92 Å². The van der Waals surface area contributed by atoms with Crippen LogP contribution in [0.15, 0.2) is 4.42 Å². The van der Waals surface area contributed by atoms with E-state index in [1.807, 2.05) is 0 Å². The van der Waals surface area contributed by atoms with E-state index in [4.69, 9.17) is 4.42 Å². The predicted octanol–water partition coefficient (Wildman–Crippen LogP) is 2.20. The first-order valence-corrected chi connectivity index (χ1v) is 8.20. The minimum atomic E-state index is -0.124. The topological polar surface area (TPSA) is 80.1 Å². The molecule has 0 radical (unpaired) electrons. The standard InChI is InChI=1S/C15H22N4O2/c20-13(17-15-19-18-14(21-15)10-5-6-10)12-8-7-9-3-1-2-4-11(9)16-12/h9-12,16H,1-8H2,(H,17,19,20). The van der Waals surface area contributed by atoms with Crippen molar-refractivity contribution in [3.8, 4) is 0 Å². The Bertz CT molecular complexity index is 525. The van der Waals surface area contributed by atoms with Gasteiger partial charge in [-0.1, -0.05) is 17.9 Å². The van der Waals surface area contributed by atoms with E-state index >= 15 is 0 Å². The summed E-state index contributed by atoms with van der Waals surface area (Å²) in [4.78, 5) is 12.3. The summed E-state index contributed by atoms with van der Waals surface area (Å²) in [6.45, 7) is 0. The van der Waals surface area contributed by atoms with E-state index in [1.54, 1.807) is 0 Å². The summed E-state index contributed by atoms with van der Waals surface area (Å²) < 4.78 is 5.49. The summed E-state index contributed by atoms with van der Waals surface area (Å²) in [5, 5.41) is 14.2. The summed E-state index contributed by atoms with van der Waals surface area (Å²) in [5.41, 5.74) is 0. The number of fused-ring (bicyclic) bond motifs is 1. The first-order valence-electron chi connectivity index (χ1n) is 8.20. The Morgan fingerprint density at radius 2 is 1.95 bits per heavy atom. The zero-order valence-corrected chi connectivity index (χ0v) is 12.2. The van der Waals surface area contributed by atoms with Gasteiger partial charge >= 0.3 is 6.01 Å². The van der Waals surface area contributed by atoms with Crippen molar-refractivity contribution >= 4 is 11.9 Å². The minimum Gasteiger partial charge on any atom is -0.408 e. The van der Waals surface area contributed by atoms with Crippen molar-refractivity contribution in [1.82, 2.24) is 15.5 Å². The maximum Gasteiger partial charge on any atom is 0.322 e. The van der Waals surface area contributed by atoms with E-state index < -0.39 is 0 Å². The number of piperidine rings is 1. The Hall–Kier alpha value is -1.43. The van der Waals surface area contributed by atoms with Crippen molar-refractivity contribution in [2.45, 2.75) is 69.4 Å². The van der Waals surface area contributed by atoms with Crippen molar-refractivity contribution in [3.63, 3.8) is 0 Å². The Morgan fingerprint density at radius 3 is 2.81 bits per heavy atom. The first-order chi connectivity index (χ1) is 10.3. The molecule has 3 aliphatic rings. The van der Waals surface area contributed by atoms with Crippen molar-refractivity contribution < 1.29 is 9.21 Å². The van der Waals surface area contributed by atoms with Crippen LogP contribution >= 0.6 is 0 Å². The van der Waals surface area contributed by atoms with E-state index in [-0.39, 0.29) is 18.0 Å². The Balaban J connectivity index is 1.35. The summed E-state index contributed by atoms with van der Waals surface area (Å²) >= 11 is 0. The van der Waals surface area contributed by atoms with E-state index in [9.17, 15) is 4.79 Å². The fraction of sp³-hybridized carbons (Fsp3) is 0.800. The number of carbonyl (C=O) groups excluding carboxylic acids is 1. The highest BCUT2D eigenvalue weighted by molar-refractivity contribution is 5.93. The van der Waals surface area contributed by atoms with E-state index in [0.29, 0.717) is 17.9 Å². The zero-order chi connectivity index (χ0) is 14.2. The van der Waals surface area contributed by atoms with Gasteiger partial charge in [-0.3, -0.25) is 10.1 Å². The molecule has 3 fully saturated rings. The maximum absolute atomic E-state index is 12.3. The van der Waals surface area contributed by atoms with Gasteiger partial charge in [-0.05, 0) is 44.4 Å². The molecule has 4 rings (SSSR count). The molecule has 3 atom stereocenters. The molecule has 0 aromatic carbocycles. The Labute approximate surface area is 124 Å². The largest absolute Gasteiger partial charge is 0.408 e. The van der Waals surface area contributed by atoms with Gasteiger partial charge < -0.3 is 9.73 Å². The van der Waals surface area contributed by atoms with Gasteiger partial charge in [-0.25, -0.2) is 0 Å². The van der Waals surface area contributed by atoms with E-state index in [0.717, 1.165) is 31.6 Å². The number of hydrogen-bond donors (Lipinski definition) is 2. The number of carbonyl (C=O) groups is 1. The van der Waals surface area contributed by atoms with Crippen LogP contribution in [0.25, 0.3) is 0 Å². The zero-order valence-electron chi connectivity index (χ0n) is 12.2. The molecule has 114 valence electrons. The highest BCUT2D eigenvalue weighted by atomic mass is 16.4. The van der Waals surface area contributed by atoms with Gasteiger partial charge in [0.05, 0.1) is 6.04 Å². The maximum atomic E-state index is 12.3. The number of nitrogens with one attached hydrogen (secondary N) is 2. The SMILES string of the molecule is O=C(Nc1nnc(C2CC2)o1)C1CCC2CCCCC2N1. The average molecular weight is 290 g/mol. The molecule has 1 saturated heterocycles. The normalized spacial score (nSPS) is 32.5. The molecule has 1 aliphatic heterocycles. The number of amides is 1. The number of anilines is 1. The van der Waals surface area contributed by atoms with Crippen molar-refractivity contribution in [3.05, 3.63) is 5.89 Å². The van der Waals surface area contributed by atoms with Crippen molar-refractivity contribution in [2.75, 3.05) is 5.32 Å². The van der Waals surface area contributed by atoms with Gasteiger partial charge in [0.2, 0.25) is 11.8 Å². The number of hydrogen-bond acceptors (Lipinski definition) is 5. The van der Waals surface area contributed by atoms with Gasteiger partial charge in [-0.2, -0.15) is 0 Å². The number of nitrogens with zero attached hydrogens (tertiary/aromatic N) is 2. The summed E-state index contributed by atoms with van der Waals surface area (Å²) in [5.74, 6) is 1.80. The van der Waals surface area contributed by atoms with Crippen LogP contribution in [-0.2, 0) is 4.79 Å². The van der Waals surface area contributed by atoms with Crippen LogP contribution in [0.4, 0.5) is 6.01 Å². The lowest BCUT2D eigenvalue weighted by Crippen LogP contribution is -2.53. The monoisotopic (exact) mass is 290 g/mol. The second kappa shape index (κ2) is 5.40. The highest BCUT2D eigenvalue weighted by Gasteiger charge is 2.35. The molecule has 2 saturated carbocycles. The summed E-state index contributed by atoms with van der Waals surface area (Å²) in [7, 11) is 0. The van der Waals surface area contributed by atoms with Crippen LogP contribution in [0.5, 0.6) is 0 Å². The molecular formula is C15H22N4O2. The summed E-state index contributed by atoms with van der Waals surface area (Å²) in [6.07, 6.45) is 9.39. The van der Waals surface area contributed by atoms with Crippen molar-refractivity contribution in [1.29, 1.82) is 0 Å². The molecule has 21 heavy (non-hydrogen) atoms.